The number of aromatic hydroxyl groups is 1. The second-order valence-electron chi connectivity index (χ2n) is 49.0. The summed E-state index contributed by atoms with van der Waals surface area (Å²) in [4.78, 5) is 98.5. The first-order valence-electron chi connectivity index (χ1n) is 53.9. The van der Waals surface area contributed by atoms with E-state index in [-0.39, 0.29) is 79.8 Å². The van der Waals surface area contributed by atoms with Gasteiger partial charge >= 0.3 is 0 Å². The van der Waals surface area contributed by atoms with Crippen LogP contribution in [0.15, 0.2) is 115 Å². The van der Waals surface area contributed by atoms with Crippen molar-refractivity contribution in [2.45, 2.75) is 320 Å². The zero-order chi connectivity index (χ0) is 100. The highest BCUT2D eigenvalue weighted by atomic mass is 16.5. The number of hydrogen-bond acceptors (Lipinski definition) is 15. The summed E-state index contributed by atoms with van der Waals surface area (Å²) in [5.74, 6) is 3.99. The summed E-state index contributed by atoms with van der Waals surface area (Å²) in [7, 11) is 1.76. The molecule has 0 aromatic heterocycles. The number of nitrogens with two attached hydrogens (primary N) is 6. The van der Waals surface area contributed by atoms with E-state index in [1.165, 1.54) is 165 Å². The number of carbonyl (C=O) groups is 7. The third-order valence-electron chi connectivity index (χ3n) is 39.8. The second-order valence-corrected chi connectivity index (χ2v) is 49.0. The number of hydrogen-bond donors (Lipinski definition) is 7. The van der Waals surface area contributed by atoms with Crippen LogP contribution >= 0.6 is 0 Å². The minimum Gasteiger partial charge on any atom is -0.507 e. The molecule has 10 aliphatic carbocycles. The highest BCUT2D eigenvalue weighted by Gasteiger charge is 2.59. The molecule has 756 valence electrons. The van der Waals surface area contributed by atoms with Crippen LogP contribution in [0, 0.1) is 58.7 Å². The fourth-order valence-corrected chi connectivity index (χ4v) is 29.7. The van der Waals surface area contributed by atoms with Crippen LogP contribution in [-0.2, 0) is 69.3 Å². The Labute approximate surface area is 835 Å². The predicted octanol–water partition coefficient (Wildman–Crippen LogP) is 17.4. The van der Waals surface area contributed by atoms with Crippen LogP contribution in [0.3, 0.4) is 0 Å². The first-order chi connectivity index (χ1) is 66.4. The van der Waals surface area contributed by atoms with Gasteiger partial charge in [-0.05, 0) is 378 Å². The standard InChI is InChI=1S/C22H30N2O.C20H28N2O2.C20H30N2O.C20H28N2O.C19H24N2O2.C18H26N2O2/c23-21(25)17-8-7-16-13-20-18-6-1-2-9-22(18,19(16)12-17)10-11-24(20)14-15-4-3-5-15;1-12-16-10-14-6-7-15(19(21)24)18(23)17(14)20(12,2)8-9-22(16)11-13-4-3-5-13;1-13-17-11-14-6-7-15(18(21)23)10-16(14)20(13,5)8-9-22(17)12-19(2,3)4;1-13(2)7-9-22-10-8-20(4)14(3)18(22)12-15-5-6-16(19(21)23)11-17(15)20;1-11-16-17(22)14-6-5-13(18(20)23)9-15(14)19(11,2)7-8-21(16)10-12-3-4-12;1-12-16-11-13-4-5-14(17(19)21)10-15(13)18(12,2)6-7-20(16)8-9-22-3/h7-8,12,15,18,20H,1-6,9-11,13-14H2,(H2,23,25);6-7,12-13,16,23H,3-5,8-11H2,1-2H3,(H2,21,24);6-7,10,13,17H,8-9,11-12H2,1-5H3,(H2,21,23);5-7,11,14,18H,8-10,12H2,1-4H3,(H2,21,23);5-6,9,11-12,16H,3-4,7-8,10H2,1-2H3,(H2,20,23);4-5,10,12,16H,6-9,11H2,1-3H3,(H2,19,21)/t18?,20-,22-;12-,16+,20+;13-,17+,20+;14?,18-,20+;11-,16?,19-;12-,16+,18+/m100100/s1. The van der Waals surface area contributed by atoms with Crippen molar-refractivity contribution in [1.29, 1.82) is 0 Å². The normalized spacial score (nSPS) is 32.1. The van der Waals surface area contributed by atoms with Crippen LogP contribution in [0.1, 0.15) is 353 Å². The van der Waals surface area contributed by atoms with Crippen LogP contribution in [0.2, 0.25) is 0 Å². The first-order valence-corrected chi connectivity index (χ1v) is 53.9. The highest BCUT2D eigenvalue weighted by Crippen LogP contribution is 2.60. The third kappa shape index (κ3) is 19.4. The molecule has 21 heteroatoms. The molecular weight excluding hydrogens is 1740 g/mol. The Morgan fingerprint density at radius 2 is 0.786 bits per heavy atom. The lowest BCUT2D eigenvalue weighted by molar-refractivity contribution is -0.0240. The molecule has 140 heavy (non-hydrogen) atoms. The molecule has 10 fully saturated rings. The number of rotatable bonds is 18. The quantitative estimate of drug-likeness (QED) is 0.0393. The van der Waals surface area contributed by atoms with Crippen LogP contribution < -0.4 is 34.4 Å². The van der Waals surface area contributed by atoms with Crippen LogP contribution in [-0.4, -0.2) is 204 Å². The monoisotopic (exact) mass is 1910 g/mol. The summed E-state index contributed by atoms with van der Waals surface area (Å²) >= 11 is 0. The fraction of sp³-hybridized carbons (Fsp3) is 0.622. The molecule has 22 rings (SSSR count). The van der Waals surface area contributed by atoms with Crippen molar-refractivity contribution in [2.24, 2.45) is 93.1 Å². The zero-order valence-corrected chi connectivity index (χ0v) is 87.4. The second kappa shape index (κ2) is 40.2. The predicted molar refractivity (Wildman–Crippen MR) is 559 cm³/mol. The largest absolute Gasteiger partial charge is 0.507 e. The van der Waals surface area contributed by atoms with E-state index in [1.54, 1.807) is 19.2 Å². The summed E-state index contributed by atoms with van der Waals surface area (Å²) < 4.78 is 5.26. The molecule has 12 bridgehead atoms. The molecule has 21 nitrogen and oxygen atoms in total. The molecule has 6 heterocycles. The number of ketones is 1. The summed E-state index contributed by atoms with van der Waals surface area (Å²) in [6, 6.07) is 36.5. The van der Waals surface area contributed by atoms with Crippen molar-refractivity contribution in [3.63, 3.8) is 0 Å². The number of nitrogens with zero attached hydrogens (tertiary/aromatic N) is 6. The minimum absolute atomic E-state index is 0.0127. The van der Waals surface area contributed by atoms with E-state index in [4.69, 9.17) is 39.1 Å². The SMILES string of the molecule is CC(C)=CCN1CC[C@]2(C)c3cc(C(N)=O)ccc3C[C@@H]1C2C.COCCN1CC[C@@]2(C)c3cc(C(N)=O)ccc3C[C@@H]1[C@@H]2C.C[C@H]1C2C(=O)c3ccc(C(N)=O)cc3[C@@]1(C)CCN2CC1CC1.C[C@H]1[C@H]2Cc3ccc(C(N)=O)c(O)c3[C@]1(C)CCN2CC1CCC1.C[C@H]1[C@H]2Cc3ccc(C(N)=O)cc3[C@]1(C)CCN2CC(C)(C)C.NC(=O)c1ccc2c(c1)[C@@]13CCCCC1[C@@H](C2)N(CC1CCC1)CC3. The van der Waals surface area contributed by atoms with Crippen LogP contribution in [0.5, 0.6) is 5.75 Å². The molecule has 6 aromatic rings. The average molecular weight is 1910 g/mol. The molecule has 6 amide bonds. The van der Waals surface area contributed by atoms with E-state index in [9.17, 15) is 38.7 Å². The van der Waals surface area contributed by atoms with Gasteiger partial charge in [-0.2, -0.15) is 0 Å². The molecule has 0 radical (unpaired) electrons. The Kier molecular flexibility index (Phi) is 29.5. The van der Waals surface area contributed by atoms with Gasteiger partial charge in [-0.3, -0.25) is 63.0 Å². The van der Waals surface area contributed by atoms with Gasteiger partial charge in [-0.1, -0.05) is 164 Å². The van der Waals surface area contributed by atoms with Crippen molar-refractivity contribution < 1.29 is 43.4 Å². The molecule has 6 saturated heterocycles. The molecule has 13 N–H and O–H groups in total. The summed E-state index contributed by atoms with van der Waals surface area (Å²) in [6.07, 6.45) is 30.9. The first kappa shape index (κ1) is 103. The summed E-state index contributed by atoms with van der Waals surface area (Å²) in [5, 5.41) is 10.7. The van der Waals surface area contributed by atoms with Gasteiger partial charge in [-0.15, -0.1) is 0 Å². The van der Waals surface area contributed by atoms with Gasteiger partial charge in [0.2, 0.25) is 29.5 Å². The number of piperidine rings is 6. The van der Waals surface area contributed by atoms with Crippen molar-refractivity contribution >= 4 is 41.2 Å². The maximum absolute atomic E-state index is 13.1. The van der Waals surface area contributed by atoms with Crippen molar-refractivity contribution in [3.05, 3.63) is 215 Å². The number of amides is 6. The molecule has 6 aromatic carbocycles. The fourth-order valence-electron chi connectivity index (χ4n) is 29.7. The Morgan fingerprint density at radius 1 is 0.407 bits per heavy atom. The van der Waals surface area contributed by atoms with Crippen LogP contribution in [0.4, 0.5) is 0 Å². The van der Waals surface area contributed by atoms with Crippen molar-refractivity contribution in [1.82, 2.24) is 29.4 Å². The molecule has 3 unspecified atom stereocenters. The molecule has 4 saturated carbocycles. The lowest BCUT2D eigenvalue weighted by Crippen LogP contribution is -2.61. The maximum Gasteiger partial charge on any atom is 0.252 e. The summed E-state index contributed by atoms with van der Waals surface area (Å²) in [5.41, 5.74) is 53.8. The Morgan fingerprint density at radius 3 is 1.26 bits per heavy atom. The van der Waals surface area contributed by atoms with Crippen molar-refractivity contribution in [2.75, 3.05) is 92.3 Å². The number of allylic oxidation sites excluding steroid dienone is 1. The Hall–Kier alpha value is -8.93. The molecule has 16 aliphatic rings. The number of methoxy groups -OCH3 is 1. The number of Topliss-reactive ketones (excluding diaryl/α,β-unsaturated/α-hetero) is 1. The Bertz CT molecular complexity index is 5720. The number of likely N-dealkylation sites (tertiary alicyclic amines) is 6. The van der Waals surface area contributed by atoms with E-state index >= 15 is 0 Å². The van der Waals surface area contributed by atoms with Crippen LogP contribution in [0.25, 0.3) is 0 Å². The molecule has 0 spiro atoms. The minimum atomic E-state index is -0.545. The van der Waals surface area contributed by atoms with E-state index in [0.717, 1.165) is 170 Å². The Balaban J connectivity index is 0.000000116. The molecule has 18 atom stereocenters. The number of phenols is 1. The van der Waals surface area contributed by atoms with E-state index in [2.05, 4.69) is 182 Å². The van der Waals surface area contributed by atoms with Gasteiger partial charge in [0.15, 0.2) is 5.78 Å². The smallest absolute Gasteiger partial charge is 0.252 e. The highest BCUT2D eigenvalue weighted by molar-refractivity contribution is 6.05. The number of primary amides is 6. The van der Waals surface area contributed by atoms with Gasteiger partial charge in [-0.25, -0.2) is 0 Å². The third-order valence-corrected chi connectivity index (χ3v) is 39.8. The van der Waals surface area contributed by atoms with Crippen molar-refractivity contribution in [3.8, 4) is 5.75 Å². The number of benzene rings is 6. The molecule has 6 aliphatic heterocycles. The average Bonchev–Trinajstić information content (AvgIpc) is 1.09. The van der Waals surface area contributed by atoms with Gasteiger partial charge in [0.1, 0.15) is 5.75 Å². The van der Waals surface area contributed by atoms with E-state index in [1.807, 2.05) is 48.5 Å². The summed E-state index contributed by atoms with van der Waals surface area (Å²) in [6.45, 7) is 48.8. The lowest BCUT2D eigenvalue weighted by Gasteiger charge is -2.59. The number of fused-ring (bicyclic) bond motifs is 21. The lowest BCUT2D eigenvalue weighted by atomic mass is 9.52. The van der Waals surface area contributed by atoms with Gasteiger partial charge in [0.25, 0.3) is 5.91 Å². The van der Waals surface area contributed by atoms with Gasteiger partial charge in [0.05, 0.1) is 18.2 Å². The molecular formula is C119H166N12O9. The maximum atomic E-state index is 13.1. The van der Waals surface area contributed by atoms with Gasteiger partial charge in [0, 0.05) is 126 Å². The van der Waals surface area contributed by atoms with E-state index in [0.29, 0.717) is 86.5 Å². The zero-order valence-electron chi connectivity index (χ0n) is 87.4. The number of carbonyl (C=O) groups excluding carboxylic acids is 7. The topological polar surface area (TPSA) is 325 Å². The van der Waals surface area contributed by atoms with E-state index < -0.39 is 11.8 Å². The van der Waals surface area contributed by atoms with Gasteiger partial charge < -0.3 is 44.2 Å². The number of ether oxygens (including phenoxy) is 1.